The third-order valence-corrected chi connectivity index (χ3v) is 1.18. The van der Waals surface area contributed by atoms with Crippen LogP contribution in [0.5, 0.6) is 0 Å². The van der Waals surface area contributed by atoms with Gasteiger partial charge in [-0.25, -0.2) is 13.8 Å². The lowest BCUT2D eigenvalue weighted by Crippen LogP contribution is -2.22. The Balaban J connectivity index is 3.22. The van der Waals surface area contributed by atoms with Gasteiger partial charge in [-0.15, -0.1) is 0 Å². The lowest BCUT2D eigenvalue weighted by Gasteiger charge is -1.97. The number of nitrogens with zero attached hydrogens (tertiary/aromatic N) is 1. The summed E-state index contributed by atoms with van der Waals surface area (Å²) in [6.45, 7) is 0. The molecule has 1 aromatic carbocycles. The van der Waals surface area contributed by atoms with Gasteiger partial charge in [0.05, 0.1) is 0 Å². The maximum atomic E-state index is 12.8. The summed E-state index contributed by atoms with van der Waals surface area (Å²) in [6.07, 6.45) is 0. The van der Waals surface area contributed by atoms with Crippen molar-refractivity contribution in [2.24, 2.45) is 16.5 Å². The van der Waals surface area contributed by atoms with Crippen molar-refractivity contribution in [1.82, 2.24) is 0 Å². The van der Waals surface area contributed by atoms with Gasteiger partial charge in [0.25, 0.3) is 0 Å². The number of aliphatic imine (C=N–C) groups is 1. The monoisotopic (exact) mass is 171 g/mol. The molecule has 0 atom stereocenters. The van der Waals surface area contributed by atoms with Crippen LogP contribution in [0, 0.1) is 11.6 Å². The average molecular weight is 171 g/mol. The van der Waals surface area contributed by atoms with Crippen LogP contribution >= 0.6 is 0 Å². The van der Waals surface area contributed by atoms with E-state index in [1.54, 1.807) is 0 Å². The molecule has 0 spiro atoms. The molecule has 0 fully saturated rings. The van der Waals surface area contributed by atoms with Gasteiger partial charge in [0.2, 0.25) is 0 Å². The van der Waals surface area contributed by atoms with Gasteiger partial charge in [0, 0.05) is 0 Å². The summed E-state index contributed by atoms with van der Waals surface area (Å²) in [4.78, 5) is 3.28. The van der Waals surface area contributed by atoms with Gasteiger partial charge in [-0.05, 0) is 12.1 Å². The van der Waals surface area contributed by atoms with Crippen molar-refractivity contribution in [1.29, 1.82) is 0 Å². The second-order valence-corrected chi connectivity index (χ2v) is 2.11. The number of benzene rings is 1. The summed E-state index contributed by atoms with van der Waals surface area (Å²) in [7, 11) is 0. The number of halogens is 2. The van der Waals surface area contributed by atoms with Crippen LogP contribution in [0.3, 0.4) is 0 Å². The first kappa shape index (κ1) is 8.45. The molecule has 0 aliphatic carbocycles. The fraction of sp³-hybridized carbons (Fsp3) is 0. The molecule has 12 heavy (non-hydrogen) atoms. The highest BCUT2D eigenvalue weighted by Gasteiger charge is 2.05. The van der Waals surface area contributed by atoms with E-state index in [0.717, 1.165) is 12.1 Å². The summed E-state index contributed by atoms with van der Waals surface area (Å²) >= 11 is 0. The molecular formula is C7H7F2N3. The van der Waals surface area contributed by atoms with E-state index in [-0.39, 0.29) is 5.96 Å². The molecule has 0 aliphatic rings. The van der Waals surface area contributed by atoms with E-state index in [4.69, 9.17) is 11.5 Å². The quantitative estimate of drug-likeness (QED) is 0.486. The Hall–Kier alpha value is -1.65. The number of hydrogen-bond acceptors (Lipinski definition) is 1. The van der Waals surface area contributed by atoms with Crippen LogP contribution in [0.4, 0.5) is 14.5 Å². The summed E-state index contributed by atoms with van der Waals surface area (Å²) in [5.41, 5.74) is 9.45. The molecule has 0 unspecified atom stereocenters. The van der Waals surface area contributed by atoms with E-state index < -0.39 is 17.3 Å². The minimum absolute atomic E-state index is 0.376. The normalized spacial score (nSPS) is 9.50. The highest BCUT2D eigenvalue weighted by molar-refractivity contribution is 5.79. The van der Waals surface area contributed by atoms with Crippen LogP contribution in [0.1, 0.15) is 0 Å². The van der Waals surface area contributed by atoms with Crippen LogP contribution in [0.2, 0.25) is 0 Å². The zero-order chi connectivity index (χ0) is 9.14. The molecule has 64 valence electrons. The standard InChI is InChI=1S/C7H7F2N3/c8-4-2-1-3-5(9)6(4)12-7(10)11/h1-3H,(H4,10,11,12). The zero-order valence-corrected chi connectivity index (χ0v) is 6.09. The van der Waals surface area contributed by atoms with E-state index in [1.807, 2.05) is 0 Å². The lowest BCUT2D eigenvalue weighted by atomic mass is 10.3. The summed E-state index contributed by atoms with van der Waals surface area (Å²) in [6, 6.07) is 3.38. The Morgan fingerprint density at radius 3 is 2.08 bits per heavy atom. The van der Waals surface area contributed by atoms with E-state index in [9.17, 15) is 8.78 Å². The van der Waals surface area contributed by atoms with Crippen LogP contribution in [0.25, 0.3) is 0 Å². The van der Waals surface area contributed by atoms with E-state index in [0.29, 0.717) is 0 Å². The van der Waals surface area contributed by atoms with Crippen molar-refractivity contribution >= 4 is 11.6 Å². The fourth-order valence-corrected chi connectivity index (χ4v) is 0.725. The van der Waals surface area contributed by atoms with Crippen molar-refractivity contribution in [3.8, 4) is 0 Å². The molecule has 0 aromatic heterocycles. The maximum Gasteiger partial charge on any atom is 0.191 e. The highest BCUT2D eigenvalue weighted by Crippen LogP contribution is 2.20. The molecular weight excluding hydrogens is 164 g/mol. The Bertz CT molecular complexity index is 298. The van der Waals surface area contributed by atoms with Crippen LogP contribution in [-0.2, 0) is 0 Å². The number of rotatable bonds is 1. The highest BCUT2D eigenvalue weighted by atomic mass is 19.1. The first-order valence-corrected chi connectivity index (χ1v) is 3.15. The van der Waals surface area contributed by atoms with Crippen molar-refractivity contribution in [3.63, 3.8) is 0 Å². The van der Waals surface area contributed by atoms with E-state index >= 15 is 0 Å². The van der Waals surface area contributed by atoms with Crippen LogP contribution in [-0.4, -0.2) is 5.96 Å². The SMILES string of the molecule is NC(N)=Nc1c(F)cccc1F. The molecule has 1 aromatic rings. The first-order valence-electron chi connectivity index (χ1n) is 3.15. The Morgan fingerprint density at radius 2 is 1.67 bits per heavy atom. The average Bonchev–Trinajstić information content (AvgIpc) is 1.97. The molecule has 0 saturated heterocycles. The Labute approximate surface area is 67.7 Å². The van der Waals surface area contributed by atoms with Crippen molar-refractivity contribution in [3.05, 3.63) is 29.8 Å². The number of guanidine groups is 1. The van der Waals surface area contributed by atoms with Gasteiger partial charge in [-0.3, -0.25) is 0 Å². The topological polar surface area (TPSA) is 64.4 Å². The van der Waals surface area contributed by atoms with E-state index in [2.05, 4.69) is 4.99 Å². The molecule has 0 bridgehead atoms. The molecule has 0 saturated carbocycles. The van der Waals surface area contributed by atoms with Crippen molar-refractivity contribution < 1.29 is 8.78 Å². The van der Waals surface area contributed by atoms with Crippen molar-refractivity contribution in [2.75, 3.05) is 0 Å². The summed E-state index contributed by atoms with van der Waals surface area (Å²) in [5, 5.41) is 0. The molecule has 3 nitrogen and oxygen atoms in total. The van der Waals surface area contributed by atoms with Gasteiger partial charge in [0.15, 0.2) is 17.6 Å². The summed E-state index contributed by atoms with van der Waals surface area (Å²) < 4.78 is 25.5. The van der Waals surface area contributed by atoms with Gasteiger partial charge >= 0.3 is 0 Å². The number of nitrogens with two attached hydrogens (primary N) is 2. The number of hydrogen-bond donors (Lipinski definition) is 2. The van der Waals surface area contributed by atoms with Gasteiger partial charge in [-0.1, -0.05) is 6.07 Å². The minimum atomic E-state index is -0.789. The second-order valence-electron chi connectivity index (χ2n) is 2.11. The fourth-order valence-electron chi connectivity index (χ4n) is 0.725. The van der Waals surface area contributed by atoms with E-state index in [1.165, 1.54) is 6.07 Å². The lowest BCUT2D eigenvalue weighted by molar-refractivity contribution is 0.587. The third kappa shape index (κ3) is 1.69. The smallest absolute Gasteiger partial charge is 0.191 e. The Kier molecular flexibility index (Phi) is 2.23. The third-order valence-electron chi connectivity index (χ3n) is 1.18. The Morgan fingerprint density at radius 1 is 1.17 bits per heavy atom. The number of para-hydroxylation sites is 1. The molecule has 4 N–H and O–H groups in total. The molecule has 5 heteroatoms. The first-order chi connectivity index (χ1) is 5.61. The van der Waals surface area contributed by atoms with Gasteiger partial charge < -0.3 is 11.5 Å². The maximum absolute atomic E-state index is 12.8. The van der Waals surface area contributed by atoms with Crippen LogP contribution < -0.4 is 11.5 Å². The largest absolute Gasteiger partial charge is 0.370 e. The zero-order valence-electron chi connectivity index (χ0n) is 6.09. The molecule has 0 heterocycles. The van der Waals surface area contributed by atoms with Crippen molar-refractivity contribution in [2.45, 2.75) is 0 Å². The molecule has 0 amide bonds. The predicted molar refractivity (Wildman–Crippen MR) is 41.8 cm³/mol. The van der Waals surface area contributed by atoms with Crippen LogP contribution in [0.15, 0.2) is 23.2 Å². The van der Waals surface area contributed by atoms with Gasteiger partial charge in [-0.2, -0.15) is 0 Å². The molecule has 0 aliphatic heterocycles. The summed E-state index contributed by atoms with van der Waals surface area (Å²) in [5.74, 6) is -1.95. The minimum Gasteiger partial charge on any atom is -0.370 e. The second kappa shape index (κ2) is 3.17. The predicted octanol–water partition coefficient (Wildman–Crippen LogP) is 0.870. The molecule has 1 rings (SSSR count). The molecule has 0 radical (unpaired) electrons. The van der Waals surface area contributed by atoms with Gasteiger partial charge in [0.1, 0.15) is 5.69 Å².